The third kappa shape index (κ3) is 3.73. The van der Waals surface area contributed by atoms with Crippen LogP contribution in [-0.4, -0.2) is 41.8 Å². The van der Waals surface area contributed by atoms with Crippen molar-refractivity contribution in [2.75, 3.05) is 14.2 Å². The van der Waals surface area contributed by atoms with Gasteiger partial charge in [-0.05, 0) is 56.2 Å². The largest absolute Gasteiger partial charge is 0.493 e. The Kier molecular flexibility index (Phi) is 5.43. The summed E-state index contributed by atoms with van der Waals surface area (Å²) >= 11 is 0. The van der Waals surface area contributed by atoms with Crippen molar-refractivity contribution in [2.45, 2.75) is 32.2 Å². The number of hydrogen-bond acceptors (Lipinski definition) is 6. The Morgan fingerprint density at radius 3 is 2.36 bits per heavy atom. The molecule has 0 amide bonds. The number of fused-ring (bicyclic) bond motifs is 3. The average molecular weight is 456 g/mol. The highest BCUT2D eigenvalue weighted by atomic mass is 19.3. The van der Waals surface area contributed by atoms with Gasteiger partial charge < -0.3 is 14.4 Å². The van der Waals surface area contributed by atoms with Gasteiger partial charge in [0.1, 0.15) is 0 Å². The summed E-state index contributed by atoms with van der Waals surface area (Å²) in [5.74, 6) is 0.466. The van der Waals surface area contributed by atoms with Crippen molar-refractivity contribution in [3.63, 3.8) is 0 Å². The molecule has 1 aromatic carbocycles. The van der Waals surface area contributed by atoms with Crippen LogP contribution in [0.5, 0.6) is 11.5 Å². The van der Waals surface area contributed by atoms with E-state index in [-0.39, 0.29) is 22.5 Å². The minimum absolute atomic E-state index is 0.00930. The molecule has 0 N–H and O–H groups in total. The molecule has 7 nitrogen and oxygen atoms in total. The molecule has 2 aliphatic heterocycles. The van der Waals surface area contributed by atoms with Gasteiger partial charge in [0.15, 0.2) is 17.3 Å². The zero-order valence-corrected chi connectivity index (χ0v) is 18.5. The molecule has 0 spiro atoms. The van der Waals surface area contributed by atoms with E-state index in [2.05, 4.69) is 0 Å². The van der Waals surface area contributed by atoms with Gasteiger partial charge in [-0.1, -0.05) is 0 Å². The molecule has 0 unspecified atom stereocenters. The monoisotopic (exact) mass is 456 g/mol. The third-order valence-corrected chi connectivity index (χ3v) is 5.90. The van der Waals surface area contributed by atoms with Crippen molar-refractivity contribution >= 4 is 11.5 Å². The molecule has 1 aromatic rings. The minimum Gasteiger partial charge on any atom is -0.493 e. The van der Waals surface area contributed by atoms with Crippen molar-refractivity contribution in [3.05, 3.63) is 86.3 Å². The number of nitrogens with zero attached hydrogens (tertiary/aromatic N) is 2. The molecule has 2 heterocycles. The average Bonchev–Trinajstić information content (AvgIpc) is 2.77. The second-order valence-electron chi connectivity index (χ2n) is 8.49. The first-order chi connectivity index (χ1) is 15.6. The van der Waals surface area contributed by atoms with E-state index in [1.807, 2.05) is 19.9 Å². The van der Waals surface area contributed by atoms with Crippen LogP contribution in [0, 0.1) is 10.1 Å². The van der Waals surface area contributed by atoms with Crippen LogP contribution in [0.1, 0.15) is 25.0 Å². The van der Waals surface area contributed by atoms with Crippen LogP contribution in [-0.2, 0) is 11.2 Å². The quantitative estimate of drug-likeness (QED) is 0.379. The lowest BCUT2D eigenvalue weighted by molar-refractivity contribution is -0.419. The number of halogens is 2. The minimum atomic E-state index is -2.81. The maximum absolute atomic E-state index is 13.9. The number of methoxy groups -OCH3 is 2. The smallest absolute Gasteiger partial charge is 0.270 e. The van der Waals surface area contributed by atoms with E-state index < -0.39 is 22.7 Å². The molecule has 172 valence electrons. The van der Waals surface area contributed by atoms with E-state index in [4.69, 9.17) is 9.47 Å². The number of ketones is 1. The number of nitro groups is 1. The summed E-state index contributed by atoms with van der Waals surface area (Å²) < 4.78 is 38.7. The van der Waals surface area contributed by atoms with Crippen LogP contribution >= 0.6 is 0 Å². The molecule has 3 aliphatic rings. The maximum atomic E-state index is 13.9. The number of alkyl halides is 2. The fourth-order valence-corrected chi connectivity index (χ4v) is 4.47. The molecular formula is C24H22F2N2O5. The Morgan fingerprint density at radius 1 is 1.09 bits per heavy atom. The van der Waals surface area contributed by atoms with Crippen molar-refractivity contribution in [1.29, 1.82) is 0 Å². The molecular weight excluding hydrogens is 434 g/mol. The second-order valence-corrected chi connectivity index (χ2v) is 8.49. The molecule has 1 aliphatic carbocycles. The lowest BCUT2D eigenvalue weighted by atomic mass is 9.80. The number of benzene rings is 1. The van der Waals surface area contributed by atoms with Crippen molar-refractivity contribution in [3.8, 4) is 11.5 Å². The third-order valence-electron chi connectivity index (χ3n) is 5.90. The fourth-order valence-electron chi connectivity index (χ4n) is 4.47. The van der Waals surface area contributed by atoms with Gasteiger partial charge in [-0.25, -0.2) is 8.78 Å². The van der Waals surface area contributed by atoms with E-state index in [0.29, 0.717) is 29.2 Å². The fraction of sp³-hybridized carbons (Fsp3) is 0.292. The predicted molar refractivity (Wildman–Crippen MR) is 117 cm³/mol. The first-order valence-corrected chi connectivity index (χ1v) is 10.2. The zero-order chi connectivity index (χ0) is 24.1. The van der Waals surface area contributed by atoms with Crippen LogP contribution in [0.15, 0.2) is 65.1 Å². The van der Waals surface area contributed by atoms with Gasteiger partial charge >= 0.3 is 0 Å². The van der Waals surface area contributed by atoms with Crippen LogP contribution in [0.25, 0.3) is 5.70 Å². The summed E-state index contributed by atoms with van der Waals surface area (Å²) in [5.41, 5.74) is 0.954. The van der Waals surface area contributed by atoms with Crippen molar-refractivity contribution in [2.24, 2.45) is 0 Å². The number of rotatable bonds is 4. The van der Waals surface area contributed by atoms with Gasteiger partial charge in [0.2, 0.25) is 0 Å². The number of hydrogen-bond donors (Lipinski definition) is 0. The van der Waals surface area contributed by atoms with E-state index in [9.17, 15) is 23.7 Å². The van der Waals surface area contributed by atoms with E-state index in [1.54, 1.807) is 11.0 Å². The molecule has 0 radical (unpaired) electrons. The lowest BCUT2D eigenvalue weighted by Gasteiger charge is -2.49. The Labute approximate surface area is 189 Å². The molecule has 0 saturated carbocycles. The zero-order valence-electron chi connectivity index (χ0n) is 18.5. The first-order valence-electron chi connectivity index (χ1n) is 10.2. The summed E-state index contributed by atoms with van der Waals surface area (Å²) in [4.78, 5) is 25.3. The summed E-state index contributed by atoms with van der Waals surface area (Å²) in [5, 5.41) is 11.3. The Balaban J connectivity index is 2.02. The van der Waals surface area contributed by atoms with Crippen LogP contribution < -0.4 is 9.47 Å². The van der Waals surface area contributed by atoms with E-state index in [0.717, 1.165) is 23.8 Å². The molecule has 0 fully saturated rings. The van der Waals surface area contributed by atoms with Gasteiger partial charge in [-0.2, -0.15) is 0 Å². The van der Waals surface area contributed by atoms with Gasteiger partial charge in [-0.3, -0.25) is 14.9 Å². The van der Waals surface area contributed by atoms with Crippen molar-refractivity contribution < 1.29 is 28.0 Å². The number of carbonyl (C=O) groups excluding carboxylic acids is 1. The number of allylic oxidation sites excluding steroid dienone is 7. The SMILES string of the molecule is COc1cc2c(cc1OC)C1=CC(C(F)F)=C/C(=C3\C=C([N+](=O)[O-])C=CC3=O)N1C(C)(C)C2. The Hall–Kier alpha value is -3.75. The highest BCUT2D eigenvalue weighted by Gasteiger charge is 2.42. The summed E-state index contributed by atoms with van der Waals surface area (Å²) in [6.07, 6.45) is 3.66. The van der Waals surface area contributed by atoms with Crippen molar-refractivity contribution in [1.82, 2.24) is 4.90 Å². The number of ether oxygens (including phenoxy) is 2. The van der Waals surface area contributed by atoms with Gasteiger partial charge in [0, 0.05) is 34.5 Å². The van der Waals surface area contributed by atoms with E-state index >= 15 is 0 Å². The van der Waals surface area contributed by atoms with E-state index in [1.165, 1.54) is 26.4 Å². The Bertz CT molecular complexity index is 1220. The standard InChI is InChI=1S/C24H22F2N2O5/c1-24(2)12-14-9-21(32-3)22(33-4)11-16(14)18-7-13(23(25)26)8-19(27(18)24)17-10-15(28(30)31)5-6-20(17)29/h5-11,23H,12H2,1-4H3/b19-17-. The molecule has 33 heavy (non-hydrogen) atoms. The Morgan fingerprint density at radius 2 is 1.76 bits per heavy atom. The summed E-state index contributed by atoms with van der Waals surface area (Å²) in [6.45, 7) is 3.84. The highest BCUT2D eigenvalue weighted by molar-refractivity contribution is 6.08. The second kappa shape index (κ2) is 7.99. The van der Waals surface area contributed by atoms with Crippen LogP contribution in [0.3, 0.4) is 0 Å². The number of carbonyl (C=O) groups is 1. The molecule has 0 bridgehead atoms. The normalized spacial score (nSPS) is 21.1. The summed E-state index contributed by atoms with van der Waals surface area (Å²) in [6, 6.07) is 3.54. The molecule has 9 heteroatoms. The molecule has 0 aromatic heterocycles. The molecule has 0 saturated heterocycles. The van der Waals surface area contributed by atoms with Gasteiger partial charge in [0.25, 0.3) is 12.1 Å². The lowest BCUT2D eigenvalue weighted by Crippen LogP contribution is -2.48. The maximum Gasteiger partial charge on any atom is 0.270 e. The van der Waals surface area contributed by atoms with Gasteiger partial charge in [-0.15, -0.1) is 0 Å². The van der Waals surface area contributed by atoms with Gasteiger partial charge in [0.05, 0.1) is 30.4 Å². The first kappa shape index (κ1) is 22.4. The predicted octanol–water partition coefficient (Wildman–Crippen LogP) is 4.44. The topological polar surface area (TPSA) is 81.9 Å². The molecule has 4 rings (SSSR count). The van der Waals surface area contributed by atoms with Crippen LogP contribution in [0.2, 0.25) is 0 Å². The van der Waals surface area contributed by atoms with Crippen LogP contribution in [0.4, 0.5) is 8.78 Å². The highest BCUT2D eigenvalue weighted by Crippen LogP contribution is 2.48. The summed E-state index contributed by atoms with van der Waals surface area (Å²) in [7, 11) is 3.00. The molecule has 0 atom stereocenters.